The molecule has 0 amide bonds. The van der Waals surface area contributed by atoms with Crippen LogP contribution in [-0.4, -0.2) is 11.4 Å². The van der Waals surface area contributed by atoms with Crippen molar-refractivity contribution in [3.05, 3.63) is 65.2 Å². The summed E-state index contributed by atoms with van der Waals surface area (Å²) in [5.74, 6) is 0.126. The molecule has 1 atom stereocenters. The van der Waals surface area contributed by atoms with Gasteiger partial charge in [0.15, 0.2) is 0 Å². The van der Waals surface area contributed by atoms with Crippen molar-refractivity contribution in [1.29, 1.82) is 0 Å². The average molecular weight is 254 g/mol. The Balaban J connectivity index is 2.42. The van der Waals surface area contributed by atoms with Crippen molar-refractivity contribution < 1.29 is 9.90 Å². The van der Waals surface area contributed by atoms with Gasteiger partial charge in [-0.3, -0.25) is 0 Å². The molecule has 98 valence electrons. The molecule has 2 nitrogen and oxygen atoms in total. The van der Waals surface area contributed by atoms with Gasteiger partial charge in [-0.05, 0) is 23.1 Å². The number of phenols is 1. The van der Waals surface area contributed by atoms with Gasteiger partial charge >= 0.3 is 0 Å². The van der Waals surface area contributed by atoms with Gasteiger partial charge < -0.3 is 9.90 Å². The number of carbonyl (C=O) groups is 1. The zero-order valence-corrected chi connectivity index (χ0v) is 11.2. The van der Waals surface area contributed by atoms with E-state index in [1.807, 2.05) is 42.5 Å². The average Bonchev–Trinajstić information content (AvgIpc) is 2.42. The highest BCUT2D eigenvalue weighted by Crippen LogP contribution is 2.32. The van der Waals surface area contributed by atoms with Gasteiger partial charge in [0.25, 0.3) is 0 Å². The topological polar surface area (TPSA) is 37.3 Å². The standard InChI is InChI=1S/C17H18O2/c1-12(2)14-8-9-15(17(19)10-14)16(11-18)13-6-4-3-5-7-13/h3-12,16,19H,1-2H3. The van der Waals surface area contributed by atoms with Crippen LogP contribution in [0.1, 0.15) is 42.4 Å². The summed E-state index contributed by atoms with van der Waals surface area (Å²) < 4.78 is 0. The molecule has 1 N–H and O–H groups in total. The Kier molecular flexibility index (Phi) is 4.00. The van der Waals surface area contributed by atoms with Gasteiger partial charge in [0.05, 0.1) is 5.92 Å². The fourth-order valence-electron chi connectivity index (χ4n) is 2.17. The third-order valence-corrected chi connectivity index (χ3v) is 3.35. The van der Waals surface area contributed by atoms with Crippen molar-refractivity contribution in [3.8, 4) is 5.75 Å². The van der Waals surface area contributed by atoms with E-state index in [-0.39, 0.29) is 5.75 Å². The smallest absolute Gasteiger partial charge is 0.131 e. The van der Waals surface area contributed by atoms with E-state index in [4.69, 9.17) is 0 Å². The van der Waals surface area contributed by atoms with Crippen LogP contribution in [0.5, 0.6) is 5.75 Å². The molecule has 0 spiro atoms. The van der Waals surface area contributed by atoms with Crippen molar-refractivity contribution in [2.45, 2.75) is 25.7 Å². The summed E-state index contributed by atoms with van der Waals surface area (Å²) in [4.78, 5) is 11.4. The molecule has 0 saturated heterocycles. The van der Waals surface area contributed by atoms with Crippen molar-refractivity contribution in [1.82, 2.24) is 0 Å². The number of phenolic OH excluding ortho intramolecular Hbond substituents is 1. The minimum absolute atomic E-state index is 0.187. The van der Waals surface area contributed by atoms with Crippen molar-refractivity contribution >= 4 is 6.29 Å². The molecule has 2 aromatic carbocycles. The van der Waals surface area contributed by atoms with Crippen molar-refractivity contribution in [2.24, 2.45) is 0 Å². The maximum Gasteiger partial charge on any atom is 0.131 e. The SMILES string of the molecule is CC(C)c1ccc(C(C=O)c2ccccc2)c(O)c1. The van der Waals surface area contributed by atoms with E-state index in [2.05, 4.69) is 13.8 Å². The highest BCUT2D eigenvalue weighted by atomic mass is 16.3. The maximum atomic E-state index is 11.4. The highest BCUT2D eigenvalue weighted by molar-refractivity contribution is 5.70. The lowest BCUT2D eigenvalue weighted by Gasteiger charge is -2.15. The number of aromatic hydroxyl groups is 1. The fraction of sp³-hybridized carbons (Fsp3) is 0.235. The molecule has 19 heavy (non-hydrogen) atoms. The summed E-state index contributed by atoms with van der Waals surface area (Å²) in [5, 5.41) is 10.1. The molecule has 1 unspecified atom stereocenters. The Labute approximate surface area is 113 Å². The van der Waals surface area contributed by atoms with Crippen molar-refractivity contribution in [3.63, 3.8) is 0 Å². The Morgan fingerprint density at radius 1 is 1.00 bits per heavy atom. The lowest BCUT2D eigenvalue weighted by molar-refractivity contribution is -0.108. The van der Waals surface area contributed by atoms with E-state index in [1.165, 1.54) is 0 Å². The van der Waals surface area contributed by atoms with Crippen LogP contribution in [0, 0.1) is 0 Å². The summed E-state index contributed by atoms with van der Waals surface area (Å²) in [7, 11) is 0. The third-order valence-electron chi connectivity index (χ3n) is 3.35. The van der Waals surface area contributed by atoms with Gasteiger partial charge in [-0.25, -0.2) is 0 Å². The van der Waals surface area contributed by atoms with E-state index < -0.39 is 5.92 Å². The summed E-state index contributed by atoms with van der Waals surface area (Å²) >= 11 is 0. The van der Waals surface area contributed by atoms with Gasteiger partial charge in [0.1, 0.15) is 12.0 Å². The first kappa shape index (κ1) is 13.3. The quantitative estimate of drug-likeness (QED) is 0.841. The zero-order chi connectivity index (χ0) is 13.8. The largest absolute Gasteiger partial charge is 0.508 e. The first-order valence-electron chi connectivity index (χ1n) is 6.46. The van der Waals surface area contributed by atoms with E-state index in [0.29, 0.717) is 11.5 Å². The molecule has 2 heteroatoms. The molecule has 0 aliphatic heterocycles. The van der Waals surface area contributed by atoms with Crippen LogP contribution in [-0.2, 0) is 4.79 Å². The molecular formula is C17H18O2. The molecule has 0 saturated carbocycles. The molecule has 0 aromatic heterocycles. The Bertz CT molecular complexity index is 559. The molecular weight excluding hydrogens is 236 g/mol. The minimum atomic E-state index is -0.414. The van der Waals surface area contributed by atoms with Gasteiger partial charge in [-0.2, -0.15) is 0 Å². The van der Waals surface area contributed by atoms with Crippen LogP contribution in [0.3, 0.4) is 0 Å². The van der Waals surface area contributed by atoms with Crippen LogP contribution in [0.25, 0.3) is 0 Å². The summed E-state index contributed by atoms with van der Waals surface area (Å²) in [6.45, 7) is 4.14. The minimum Gasteiger partial charge on any atom is -0.508 e. The summed E-state index contributed by atoms with van der Waals surface area (Å²) in [6.07, 6.45) is 0.874. The molecule has 0 aliphatic rings. The van der Waals surface area contributed by atoms with E-state index in [1.54, 1.807) is 6.07 Å². The summed E-state index contributed by atoms with van der Waals surface area (Å²) in [5.41, 5.74) is 2.62. The van der Waals surface area contributed by atoms with Crippen LogP contribution in [0.15, 0.2) is 48.5 Å². The molecule has 2 aromatic rings. The third kappa shape index (κ3) is 2.84. The second-order valence-electron chi connectivity index (χ2n) is 5.00. The lowest BCUT2D eigenvalue weighted by Crippen LogP contribution is -2.03. The molecule has 2 rings (SSSR count). The van der Waals surface area contributed by atoms with Gasteiger partial charge in [-0.15, -0.1) is 0 Å². The zero-order valence-electron chi connectivity index (χ0n) is 11.2. The Hall–Kier alpha value is -2.09. The normalized spacial score (nSPS) is 12.4. The predicted octanol–water partition coefficient (Wildman–Crippen LogP) is 3.85. The molecule has 0 bridgehead atoms. The second-order valence-corrected chi connectivity index (χ2v) is 5.00. The molecule has 0 radical (unpaired) electrons. The van der Waals surface area contributed by atoms with Gasteiger partial charge in [-0.1, -0.05) is 56.3 Å². The first-order chi connectivity index (χ1) is 9.13. The van der Waals surface area contributed by atoms with Crippen LogP contribution >= 0.6 is 0 Å². The maximum absolute atomic E-state index is 11.4. The second kappa shape index (κ2) is 5.70. The fourth-order valence-corrected chi connectivity index (χ4v) is 2.17. The summed E-state index contributed by atoms with van der Waals surface area (Å²) in [6, 6.07) is 15.1. The molecule has 0 heterocycles. The number of hydrogen-bond donors (Lipinski definition) is 1. The van der Waals surface area contributed by atoms with E-state index >= 15 is 0 Å². The Morgan fingerprint density at radius 3 is 2.21 bits per heavy atom. The number of aldehydes is 1. The van der Waals surface area contributed by atoms with Gasteiger partial charge in [0, 0.05) is 5.56 Å². The van der Waals surface area contributed by atoms with Crippen LogP contribution in [0.4, 0.5) is 0 Å². The number of carbonyl (C=O) groups excluding carboxylic acids is 1. The molecule has 0 aliphatic carbocycles. The number of benzene rings is 2. The lowest BCUT2D eigenvalue weighted by atomic mass is 9.90. The van der Waals surface area contributed by atoms with E-state index in [0.717, 1.165) is 17.4 Å². The van der Waals surface area contributed by atoms with Gasteiger partial charge in [0.2, 0.25) is 0 Å². The molecule has 0 fully saturated rings. The number of rotatable bonds is 4. The number of hydrogen-bond acceptors (Lipinski definition) is 2. The van der Waals surface area contributed by atoms with Crippen LogP contribution < -0.4 is 0 Å². The van der Waals surface area contributed by atoms with E-state index in [9.17, 15) is 9.90 Å². The highest BCUT2D eigenvalue weighted by Gasteiger charge is 2.17. The predicted molar refractivity (Wildman–Crippen MR) is 76.5 cm³/mol. The first-order valence-corrected chi connectivity index (χ1v) is 6.46. The van der Waals surface area contributed by atoms with Crippen LogP contribution in [0.2, 0.25) is 0 Å². The monoisotopic (exact) mass is 254 g/mol. The Morgan fingerprint density at radius 2 is 1.68 bits per heavy atom. The van der Waals surface area contributed by atoms with Crippen molar-refractivity contribution in [2.75, 3.05) is 0 Å².